The molecule has 0 saturated heterocycles. The van der Waals surface area contributed by atoms with E-state index in [0.29, 0.717) is 27.2 Å². The van der Waals surface area contributed by atoms with E-state index < -0.39 is 0 Å². The average molecular weight is 333 g/mol. The van der Waals surface area contributed by atoms with Gasteiger partial charge in [-0.2, -0.15) is 0 Å². The van der Waals surface area contributed by atoms with Crippen LogP contribution in [0, 0.1) is 0 Å². The zero-order chi connectivity index (χ0) is 12.4. The Bertz CT molecular complexity index is 560. The number of nitrogens with two attached hydrogens (primary N) is 1. The van der Waals surface area contributed by atoms with Gasteiger partial charge in [0.2, 0.25) is 0 Å². The monoisotopic (exact) mass is 331 g/mol. The normalized spacial score (nSPS) is 10.3. The minimum atomic E-state index is 0.445. The second-order valence-electron chi connectivity index (χ2n) is 3.37. The summed E-state index contributed by atoms with van der Waals surface area (Å²) in [5.74, 6) is 1.05. The minimum absolute atomic E-state index is 0.445. The van der Waals surface area contributed by atoms with E-state index in [4.69, 9.17) is 33.7 Å². The molecule has 5 heteroatoms. The van der Waals surface area contributed by atoms with E-state index in [9.17, 15) is 0 Å². The SMILES string of the molecule is Nc1ccc(Oc2cc(Br)ccc2Cl)c(Cl)c1. The van der Waals surface area contributed by atoms with Gasteiger partial charge in [-0.3, -0.25) is 0 Å². The Hall–Kier alpha value is -0.900. The molecule has 0 atom stereocenters. The van der Waals surface area contributed by atoms with Crippen molar-refractivity contribution in [3.05, 3.63) is 50.9 Å². The Kier molecular flexibility index (Phi) is 3.82. The summed E-state index contributed by atoms with van der Waals surface area (Å²) in [5, 5.41) is 0.960. The number of ether oxygens (including phenoxy) is 1. The third kappa shape index (κ3) is 3.06. The van der Waals surface area contributed by atoms with E-state index in [0.717, 1.165) is 4.47 Å². The summed E-state index contributed by atoms with van der Waals surface area (Å²) >= 11 is 15.4. The van der Waals surface area contributed by atoms with Crippen LogP contribution in [-0.4, -0.2) is 0 Å². The predicted octanol–water partition coefficient (Wildman–Crippen LogP) is 5.13. The molecule has 0 unspecified atom stereocenters. The van der Waals surface area contributed by atoms with Crippen LogP contribution in [0.25, 0.3) is 0 Å². The van der Waals surface area contributed by atoms with Crippen LogP contribution in [0.3, 0.4) is 0 Å². The Labute approximate surface area is 117 Å². The first-order chi connectivity index (χ1) is 8.06. The van der Waals surface area contributed by atoms with Crippen molar-refractivity contribution < 1.29 is 4.74 Å². The van der Waals surface area contributed by atoms with Gasteiger partial charge in [0.05, 0.1) is 10.0 Å². The Balaban J connectivity index is 2.34. The highest BCUT2D eigenvalue weighted by Crippen LogP contribution is 2.35. The minimum Gasteiger partial charge on any atom is -0.454 e. The van der Waals surface area contributed by atoms with Crippen molar-refractivity contribution >= 4 is 44.8 Å². The number of anilines is 1. The van der Waals surface area contributed by atoms with E-state index in [-0.39, 0.29) is 0 Å². The van der Waals surface area contributed by atoms with Crippen LogP contribution in [0.1, 0.15) is 0 Å². The second-order valence-corrected chi connectivity index (χ2v) is 5.10. The van der Waals surface area contributed by atoms with E-state index >= 15 is 0 Å². The van der Waals surface area contributed by atoms with Crippen LogP contribution in [-0.2, 0) is 0 Å². The van der Waals surface area contributed by atoms with Gasteiger partial charge in [0.25, 0.3) is 0 Å². The number of hydrogen-bond acceptors (Lipinski definition) is 2. The molecule has 0 fully saturated rings. The van der Waals surface area contributed by atoms with E-state index in [1.807, 2.05) is 6.07 Å². The van der Waals surface area contributed by atoms with Crippen LogP contribution in [0.15, 0.2) is 40.9 Å². The second kappa shape index (κ2) is 5.17. The summed E-state index contributed by atoms with van der Waals surface area (Å²) in [7, 11) is 0. The van der Waals surface area contributed by atoms with Crippen LogP contribution in [0.2, 0.25) is 10.0 Å². The van der Waals surface area contributed by atoms with Gasteiger partial charge >= 0.3 is 0 Å². The first kappa shape index (κ1) is 12.6. The first-order valence-corrected chi connectivity index (χ1v) is 6.29. The predicted molar refractivity (Wildman–Crippen MR) is 75.1 cm³/mol. The molecule has 0 aliphatic heterocycles. The molecule has 0 aliphatic carbocycles. The van der Waals surface area contributed by atoms with Gasteiger partial charge in [-0.1, -0.05) is 39.1 Å². The molecule has 2 aromatic rings. The summed E-state index contributed by atoms with van der Waals surface area (Å²) < 4.78 is 6.50. The van der Waals surface area contributed by atoms with Crippen LogP contribution in [0.5, 0.6) is 11.5 Å². The van der Waals surface area contributed by atoms with Gasteiger partial charge in [-0.25, -0.2) is 0 Å². The van der Waals surface area contributed by atoms with Crippen molar-refractivity contribution in [3.8, 4) is 11.5 Å². The number of benzene rings is 2. The third-order valence-electron chi connectivity index (χ3n) is 2.07. The molecule has 0 aliphatic rings. The topological polar surface area (TPSA) is 35.2 Å². The molecule has 0 heterocycles. The van der Waals surface area contributed by atoms with Crippen molar-refractivity contribution in [2.24, 2.45) is 0 Å². The number of halogens is 3. The molecule has 2 nitrogen and oxygen atoms in total. The van der Waals surface area contributed by atoms with Gasteiger partial charge in [0, 0.05) is 10.2 Å². The average Bonchev–Trinajstić information content (AvgIpc) is 2.27. The van der Waals surface area contributed by atoms with Crippen LogP contribution >= 0.6 is 39.1 Å². The lowest BCUT2D eigenvalue weighted by Gasteiger charge is -2.09. The Morgan fingerprint density at radius 1 is 0.941 bits per heavy atom. The number of hydrogen-bond donors (Lipinski definition) is 1. The number of rotatable bonds is 2. The van der Waals surface area contributed by atoms with Gasteiger partial charge in [-0.15, -0.1) is 0 Å². The smallest absolute Gasteiger partial charge is 0.147 e. The number of nitrogen functional groups attached to an aromatic ring is 1. The summed E-state index contributed by atoms with van der Waals surface area (Å²) in [6.45, 7) is 0. The molecule has 0 bridgehead atoms. The van der Waals surface area contributed by atoms with Crippen LogP contribution < -0.4 is 10.5 Å². The maximum Gasteiger partial charge on any atom is 0.147 e. The summed E-state index contributed by atoms with van der Waals surface area (Å²) in [6.07, 6.45) is 0. The highest BCUT2D eigenvalue weighted by Gasteiger charge is 2.07. The zero-order valence-corrected chi connectivity index (χ0v) is 11.7. The maximum absolute atomic E-state index is 6.02. The molecule has 0 saturated carbocycles. The molecular weight excluding hydrogens is 325 g/mol. The lowest BCUT2D eigenvalue weighted by atomic mass is 10.3. The summed E-state index contributed by atoms with van der Waals surface area (Å²) in [6, 6.07) is 10.4. The highest BCUT2D eigenvalue weighted by atomic mass is 79.9. The molecular formula is C12H8BrCl2NO. The van der Waals surface area contributed by atoms with Gasteiger partial charge in [0.15, 0.2) is 0 Å². The van der Waals surface area contributed by atoms with Gasteiger partial charge in [-0.05, 0) is 36.4 Å². The molecule has 17 heavy (non-hydrogen) atoms. The Morgan fingerprint density at radius 3 is 2.41 bits per heavy atom. The lowest BCUT2D eigenvalue weighted by molar-refractivity contribution is 0.483. The van der Waals surface area contributed by atoms with E-state index in [2.05, 4.69) is 15.9 Å². The van der Waals surface area contributed by atoms with Gasteiger partial charge < -0.3 is 10.5 Å². The van der Waals surface area contributed by atoms with Crippen LogP contribution in [0.4, 0.5) is 5.69 Å². The highest BCUT2D eigenvalue weighted by molar-refractivity contribution is 9.10. The van der Waals surface area contributed by atoms with E-state index in [1.165, 1.54) is 0 Å². The largest absolute Gasteiger partial charge is 0.454 e. The molecule has 88 valence electrons. The summed E-state index contributed by atoms with van der Waals surface area (Å²) in [4.78, 5) is 0. The van der Waals surface area contributed by atoms with E-state index in [1.54, 1.807) is 30.3 Å². The molecule has 0 radical (unpaired) electrons. The molecule has 0 spiro atoms. The van der Waals surface area contributed by atoms with Crippen molar-refractivity contribution in [1.29, 1.82) is 0 Å². The van der Waals surface area contributed by atoms with Crippen molar-refractivity contribution in [2.75, 3.05) is 5.73 Å². The van der Waals surface area contributed by atoms with Crippen molar-refractivity contribution in [1.82, 2.24) is 0 Å². The van der Waals surface area contributed by atoms with Crippen molar-refractivity contribution in [2.45, 2.75) is 0 Å². The first-order valence-electron chi connectivity index (χ1n) is 4.74. The van der Waals surface area contributed by atoms with Gasteiger partial charge in [0.1, 0.15) is 11.5 Å². The molecule has 0 aromatic heterocycles. The lowest BCUT2D eigenvalue weighted by Crippen LogP contribution is -1.89. The maximum atomic E-state index is 6.02. The molecule has 2 aromatic carbocycles. The van der Waals surface area contributed by atoms with Crippen molar-refractivity contribution in [3.63, 3.8) is 0 Å². The standard InChI is InChI=1S/C12H8BrCl2NO/c13-7-1-3-9(14)12(5-7)17-11-4-2-8(16)6-10(11)15/h1-6H,16H2. The fourth-order valence-corrected chi connectivity index (χ4v) is 2.00. The summed E-state index contributed by atoms with van der Waals surface area (Å²) in [5.41, 5.74) is 6.19. The molecule has 2 N–H and O–H groups in total. The molecule has 2 rings (SSSR count). The zero-order valence-electron chi connectivity index (χ0n) is 8.58. The fourth-order valence-electron chi connectivity index (χ4n) is 1.27. The fraction of sp³-hybridized carbons (Fsp3) is 0. The third-order valence-corrected chi connectivity index (χ3v) is 3.17. The molecule has 0 amide bonds. The Morgan fingerprint density at radius 2 is 1.71 bits per heavy atom. The quantitative estimate of drug-likeness (QED) is 0.773.